The fourth-order valence-electron chi connectivity index (χ4n) is 2.60. The van der Waals surface area contributed by atoms with Gasteiger partial charge in [0.1, 0.15) is 5.82 Å². The van der Waals surface area contributed by atoms with E-state index < -0.39 is 0 Å². The highest BCUT2D eigenvalue weighted by Gasteiger charge is 2.15. The lowest BCUT2D eigenvalue weighted by Gasteiger charge is -2.20. The van der Waals surface area contributed by atoms with Gasteiger partial charge in [-0.15, -0.1) is 0 Å². The standard InChI is InChI=1S/C21H23ClN4O/c1-14(2)19(13-27)25-21-24-18(15-6-4-3-5-7-15)12-20(26-21)23-17-10-8-16(22)9-11-17/h3-12,14,19,27H,13H2,1-2H3,(H2,23,24,25,26)/t19-/m1/s1. The zero-order valence-corrected chi connectivity index (χ0v) is 16.1. The van der Waals surface area contributed by atoms with Crippen molar-refractivity contribution >= 4 is 29.1 Å². The number of aliphatic hydroxyl groups excluding tert-OH is 1. The molecular formula is C21H23ClN4O. The Labute approximate surface area is 164 Å². The summed E-state index contributed by atoms with van der Waals surface area (Å²) in [6.45, 7) is 4.10. The van der Waals surface area contributed by atoms with E-state index >= 15 is 0 Å². The van der Waals surface area contributed by atoms with E-state index in [2.05, 4.69) is 20.6 Å². The number of aliphatic hydroxyl groups is 1. The molecule has 0 unspecified atom stereocenters. The molecule has 0 aliphatic carbocycles. The maximum absolute atomic E-state index is 9.63. The molecule has 3 rings (SSSR count). The van der Waals surface area contributed by atoms with Gasteiger partial charge in [0.25, 0.3) is 0 Å². The highest BCUT2D eigenvalue weighted by Crippen LogP contribution is 2.25. The van der Waals surface area contributed by atoms with E-state index in [9.17, 15) is 5.11 Å². The molecule has 3 N–H and O–H groups in total. The third-order valence-electron chi connectivity index (χ3n) is 4.23. The molecule has 0 aliphatic heterocycles. The van der Waals surface area contributed by atoms with Crippen LogP contribution in [0.3, 0.4) is 0 Å². The van der Waals surface area contributed by atoms with Crippen molar-refractivity contribution in [2.45, 2.75) is 19.9 Å². The predicted octanol–water partition coefficient (Wildman–Crippen LogP) is 4.97. The number of benzene rings is 2. The lowest BCUT2D eigenvalue weighted by molar-refractivity contribution is 0.248. The van der Waals surface area contributed by atoms with Gasteiger partial charge in [-0.05, 0) is 30.2 Å². The molecule has 6 heteroatoms. The van der Waals surface area contributed by atoms with Crippen molar-refractivity contribution in [3.8, 4) is 11.3 Å². The van der Waals surface area contributed by atoms with Crippen molar-refractivity contribution in [1.29, 1.82) is 0 Å². The van der Waals surface area contributed by atoms with Crippen LogP contribution in [0.4, 0.5) is 17.5 Å². The summed E-state index contributed by atoms with van der Waals surface area (Å²) in [4.78, 5) is 9.20. The Morgan fingerprint density at radius 3 is 2.33 bits per heavy atom. The fraction of sp³-hybridized carbons (Fsp3) is 0.238. The van der Waals surface area contributed by atoms with Crippen LogP contribution in [0.5, 0.6) is 0 Å². The number of halogens is 1. The molecule has 0 spiro atoms. The fourth-order valence-corrected chi connectivity index (χ4v) is 2.73. The van der Waals surface area contributed by atoms with E-state index in [1.165, 1.54) is 0 Å². The average molecular weight is 383 g/mol. The summed E-state index contributed by atoms with van der Waals surface area (Å²) in [7, 11) is 0. The molecule has 3 aromatic rings. The van der Waals surface area contributed by atoms with Crippen LogP contribution in [0, 0.1) is 5.92 Å². The predicted molar refractivity (Wildman–Crippen MR) is 112 cm³/mol. The molecule has 0 aliphatic rings. The first-order valence-electron chi connectivity index (χ1n) is 8.89. The maximum atomic E-state index is 9.63. The zero-order chi connectivity index (χ0) is 19.2. The Morgan fingerprint density at radius 2 is 1.70 bits per heavy atom. The topological polar surface area (TPSA) is 70.1 Å². The third-order valence-corrected chi connectivity index (χ3v) is 4.48. The number of rotatable bonds is 7. The minimum Gasteiger partial charge on any atom is -0.394 e. The first-order valence-corrected chi connectivity index (χ1v) is 9.27. The second-order valence-corrected chi connectivity index (χ2v) is 7.07. The van der Waals surface area contributed by atoms with E-state index in [0.29, 0.717) is 16.8 Å². The number of hydrogen-bond donors (Lipinski definition) is 3. The molecule has 0 amide bonds. The highest BCUT2D eigenvalue weighted by molar-refractivity contribution is 6.30. The molecular weight excluding hydrogens is 360 g/mol. The first-order chi connectivity index (χ1) is 13.0. The maximum Gasteiger partial charge on any atom is 0.225 e. The summed E-state index contributed by atoms with van der Waals surface area (Å²) in [6, 6.07) is 19.1. The molecule has 27 heavy (non-hydrogen) atoms. The Hall–Kier alpha value is -2.63. The minimum absolute atomic E-state index is 0.0105. The zero-order valence-electron chi connectivity index (χ0n) is 15.4. The van der Waals surface area contributed by atoms with E-state index in [0.717, 1.165) is 16.9 Å². The number of nitrogens with one attached hydrogen (secondary N) is 2. The largest absolute Gasteiger partial charge is 0.394 e. The van der Waals surface area contributed by atoms with Crippen molar-refractivity contribution in [1.82, 2.24) is 9.97 Å². The second-order valence-electron chi connectivity index (χ2n) is 6.64. The molecule has 0 saturated carbocycles. The smallest absolute Gasteiger partial charge is 0.225 e. The molecule has 0 fully saturated rings. The minimum atomic E-state index is -0.126. The molecule has 0 bridgehead atoms. The van der Waals surface area contributed by atoms with E-state index in [-0.39, 0.29) is 18.6 Å². The van der Waals surface area contributed by atoms with E-state index in [4.69, 9.17) is 11.6 Å². The Bertz CT molecular complexity index is 869. The van der Waals surface area contributed by atoms with Gasteiger partial charge in [0.05, 0.1) is 18.3 Å². The Kier molecular flexibility index (Phi) is 6.27. The van der Waals surface area contributed by atoms with Crippen LogP contribution >= 0.6 is 11.6 Å². The lowest BCUT2D eigenvalue weighted by Crippen LogP contribution is -2.30. The van der Waals surface area contributed by atoms with Gasteiger partial charge in [-0.25, -0.2) is 4.98 Å². The summed E-state index contributed by atoms with van der Waals surface area (Å²) in [5, 5.41) is 16.8. The molecule has 1 atom stereocenters. The van der Waals surface area contributed by atoms with Crippen LogP contribution in [0.1, 0.15) is 13.8 Å². The molecule has 1 aromatic heterocycles. The van der Waals surface area contributed by atoms with Gasteiger partial charge in [0.15, 0.2) is 0 Å². The first kappa shape index (κ1) is 19.1. The van der Waals surface area contributed by atoms with Gasteiger partial charge < -0.3 is 15.7 Å². The molecule has 140 valence electrons. The van der Waals surface area contributed by atoms with Crippen LogP contribution in [0.25, 0.3) is 11.3 Å². The van der Waals surface area contributed by atoms with Crippen LogP contribution < -0.4 is 10.6 Å². The van der Waals surface area contributed by atoms with Crippen molar-refractivity contribution in [3.63, 3.8) is 0 Å². The van der Waals surface area contributed by atoms with Gasteiger partial charge in [0.2, 0.25) is 5.95 Å². The molecule has 1 heterocycles. The van der Waals surface area contributed by atoms with E-state index in [1.807, 2.05) is 74.5 Å². The normalized spacial score (nSPS) is 12.0. The van der Waals surface area contributed by atoms with Gasteiger partial charge in [-0.2, -0.15) is 4.98 Å². The molecule has 0 saturated heterocycles. The summed E-state index contributed by atoms with van der Waals surface area (Å²) in [5.41, 5.74) is 2.67. The Morgan fingerprint density at radius 1 is 1.00 bits per heavy atom. The molecule has 2 aromatic carbocycles. The van der Waals surface area contributed by atoms with Gasteiger partial charge in [-0.1, -0.05) is 55.8 Å². The van der Waals surface area contributed by atoms with Crippen LogP contribution in [-0.4, -0.2) is 27.7 Å². The van der Waals surface area contributed by atoms with E-state index in [1.54, 1.807) is 0 Å². The number of hydrogen-bond acceptors (Lipinski definition) is 5. The van der Waals surface area contributed by atoms with Crippen LogP contribution in [-0.2, 0) is 0 Å². The molecule has 0 radical (unpaired) electrons. The second kappa shape index (κ2) is 8.84. The van der Waals surface area contributed by atoms with Gasteiger partial charge >= 0.3 is 0 Å². The number of nitrogens with zero attached hydrogens (tertiary/aromatic N) is 2. The average Bonchev–Trinajstić information content (AvgIpc) is 2.68. The summed E-state index contributed by atoms with van der Waals surface area (Å²) in [6.07, 6.45) is 0. The Balaban J connectivity index is 1.96. The summed E-state index contributed by atoms with van der Waals surface area (Å²) in [5.74, 6) is 1.38. The van der Waals surface area contributed by atoms with Gasteiger partial charge in [-0.3, -0.25) is 0 Å². The summed E-state index contributed by atoms with van der Waals surface area (Å²) >= 11 is 5.96. The number of anilines is 3. The molecule has 5 nitrogen and oxygen atoms in total. The van der Waals surface area contributed by atoms with Crippen molar-refractivity contribution < 1.29 is 5.11 Å². The van der Waals surface area contributed by atoms with Crippen molar-refractivity contribution in [2.75, 3.05) is 17.2 Å². The SMILES string of the molecule is CC(C)[C@@H](CO)Nc1nc(Nc2ccc(Cl)cc2)cc(-c2ccccc2)n1. The summed E-state index contributed by atoms with van der Waals surface area (Å²) < 4.78 is 0. The third kappa shape index (κ3) is 5.18. The van der Waals surface area contributed by atoms with Crippen LogP contribution in [0.15, 0.2) is 60.7 Å². The van der Waals surface area contributed by atoms with Crippen LogP contribution in [0.2, 0.25) is 5.02 Å². The van der Waals surface area contributed by atoms with Crippen molar-refractivity contribution in [2.24, 2.45) is 5.92 Å². The quantitative estimate of drug-likeness (QED) is 0.538. The lowest BCUT2D eigenvalue weighted by atomic mass is 10.1. The number of aromatic nitrogens is 2. The van der Waals surface area contributed by atoms with Gasteiger partial charge in [0, 0.05) is 22.3 Å². The monoisotopic (exact) mass is 382 g/mol. The highest BCUT2D eigenvalue weighted by atomic mass is 35.5. The van der Waals surface area contributed by atoms with Crippen molar-refractivity contribution in [3.05, 3.63) is 65.7 Å².